The zero-order valence-electron chi connectivity index (χ0n) is 23.4. The molecule has 39 heavy (non-hydrogen) atoms. The second-order valence-corrected chi connectivity index (χ2v) is 13.7. The van der Waals surface area contributed by atoms with Crippen molar-refractivity contribution in [1.29, 1.82) is 0 Å². The van der Waals surface area contributed by atoms with Gasteiger partial charge in [-0.2, -0.15) is 0 Å². The summed E-state index contributed by atoms with van der Waals surface area (Å²) >= 11 is 7.74. The molecule has 210 valence electrons. The smallest absolute Gasteiger partial charge is 0.254 e. The van der Waals surface area contributed by atoms with Crippen LogP contribution in [0.15, 0.2) is 35.5 Å². The van der Waals surface area contributed by atoms with Crippen LogP contribution in [0.25, 0.3) is 0 Å². The van der Waals surface area contributed by atoms with Gasteiger partial charge in [-0.25, -0.2) is 9.97 Å². The van der Waals surface area contributed by atoms with E-state index in [4.69, 9.17) is 21.3 Å². The molecule has 0 radical (unpaired) electrons. The molecule has 3 atom stereocenters. The standard InChI is InChI=1S/C29H38ClN5O3S/c1-19-15-33(10-11-34(19)26(37)20-6-8-22(38-5)9-7-20)24-12-23(30)31-27(32-24)39-16-25(36)35-18-29(4)14-21(35)13-28(2,3)17-29/h6-9,12,19,21H,10-11,13-18H2,1-5H3. The van der Waals surface area contributed by atoms with Crippen molar-refractivity contribution in [2.24, 2.45) is 10.8 Å². The van der Waals surface area contributed by atoms with Gasteiger partial charge in [-0.3, -0.25) is 9.59 Å². The summed E-state index contributed by atoms with van der Waals surface area (Å²) in [6, 6.07) is 9.27. The highest BCUT2D eigenvalue weighted by atomic mass is 35.5. The Morgan fingerprint density at radius 3 is 2.54 bits per heavy atom. The third kappa shape index (κ3) is 6.14. The van der Waals surface area contributed by atoms with Gasteiger partial charge in [0.05, 0.1) is 12.9 Å². The van der Waals surface area contributed by atoms with E-state index >= 15 is 0 Å². The SMILES string of the molecule is COc1ccc(C(=O)N2CCN(c3cc(Cl)nc(SCC(=O)N4CC5(C)CC4CC(C)(C)C5)n3)CC2C)cc1. The fourth-order valence-electron chi connectivity index (χ4n) is 6.94. The molecule has 2 bridgehead atoms. The monoisotopic (exact) mass is 571 g/mol. The number of amides is 2. The largest absolute Gasteiger partial charge is 0.497 e. The fourth-order valence-corrected chi connectivity index (χ4v) is 7.91. The van der Waals surface area contributed by atoms with Gasteiger partial charge in [0.1, 0.15) is 16.7 Å². The van der Waals surface area contributed by atoms with Gasteiger partial charge < -0.3 is 19.4 Å². The minimum atomic E-state index is -0.0140. The van der Waals surface area contributed by atoms with Crippen molar-refractivity contribution in [3.05, 3.63) is 41.0 Å². The number of piperazine rings is 1. The number of carbonyl (C=O) groups excluding carboxylic acids is 2. The van der Waals surface area contributed by atoms with E-state index in [2.05, 4.69) is 35.6 Å². The molecule has 5 rings (SSSR count). The molecule has 3 unspecified atom stereocenters. The zero-order chi connectivity index (χ0) is 27.9. The van der Waals surface area contributed by atoms with Crippen LogP contribution >= 0.6 is 23.4 Å². The Balaban J connectivity index is 1.20. The summed E-state index contributed by atoms with van der Waals surface area (Å²) in [5, 5.41) is 0.856. The fraction of sp³-hybridized carbons (Fsp3) is 0.586. The molecule has 1 saturated carbocycles. The number of anilines is 1. The third-order valence-electron chi connectivity index (χ3n) is 8.27. The maximum atomic E-state index is 13.2. The van der Waals surface area contributed by atoms with Gasteiger partial charge in [0.2, 0.25) is 5.91 Å². The molecule has 8 nitrogen and oxygen atoms in total. The maximum absolute atomic E-state index is 13.2. The number of nitrogens with zero attached hydrogens (tertiary/aromatic N) is 5. The van der Waals surface area contributed by atoms with Crippen LogP contribution in [-0.2, 0) is 4.79 Å². The maximum Gasteiger partial charge on any atom is 0.254 e. The average Bonchev–Trinajstić information content (AvgIpc) is 3.15. The van der Waals surface area contributed by atoms with Crippen LogP contribution in [0.4, 0.5) is 5.82 Å². The predicted molar refractivity (Wildman–Crippen MR) is 155 cm³/mol. The van der Waals surface area contributed by atoms with E-state index in [-0.39, 0.29) is 28.7 Å². The number of benzene rings is 1. The molecular weight excluding hydrogens is 534 g/mol. The van der Waals surface area contributed by atoms with E-state index in [0.717, 1.165) is 37.4 Å². The molecule has 0 N–H and O–H groups in total. The second-order valence-electron chi connectivity index (χ2n) is 12.4. The van der Waals surface area contributed by atoms with Crippen molar-refractivity contribution in [3.63, 3.8) is 0 Å². The molecule has 3 aliphatic rings. The van der Waals surface area contributed by atoms with Crippen LogP contribution in [-0.4, -0.2) is 82.7 Å². The summed E-state index contributed by atoms with van der Waals surface area (Å²) in [4.78, 5) is 41.6. The normalized spacial score (nSPS) is 26.1. The van der Waals surface area contributed by atoms with Gasteiger partial charge in [0, 0.05) is 49.9 Å². The van der Waals surface area contributed by atoms with Crippen molar-refractivity contribution in [1.82, 2.24) is 19.8 Å². The lowest BCUT2D eigenvalue weighted by molar-refractivity contribution is -0.129. The summed E-state index contributed by atoms with van der Waals surface area (Å²) in [6.45, 7) is 11.7. The molecule has 2 amide bonds. The highest BCUT2D eigenvalue weighted by Crippen LogP contribution is 2.52. The molecule has 2 aliphatic heterocycles. The molecule has 1 aliphatic carbocycles. The number of ether oxygens (including phenoxy) is 1. The Labute approximate surface area is 240 Å². The number of halogens is 1. The first-order chi connectivity index (χ1) is 18.4. The minimum absolute atomic E-state index is 0.00365. The lowest BCUT2D eigenvalue weighted by Crippen LogP contribution is -2.54. The third-order valence-corrected chi connectivity index (χ3v) is 9.30. The van der Waals surface area contributed by atoms with Gasteiger partial charge in [-0.15, -0.1) is 0 Å². The van der Waals surface area contributed by atoms with Gasteiger partial charge in [0.25, 0.3) is 5.91 Å². The first-order valence-electron chi connectivity index (χ1n) is 13.6. The summed E-state index contributed by atoms with van der Waals surface area (Å²) < 4.78 is 5.20. The zero-order valence-corrected chi connectivity index (χ0v) is 25.0. The number of methoxy groups -OCH3 is 1. The number of hydrogen-bond acceptors (Lipinski definition) is 7. The van der Waals surface area contributed by atoms with Crippen LogP contribution in [0.3, 0.4) is 0 Å². The number of fused-ring (bicyclic) bond motifs is 2. The van der Waals surface area contributed by atoms with E-state index in [9.17, 15) is 9.59 Å². The number of rotatable bonds is 6. The van der Waals surface area contributed by atoms with Gasteiger partial charge >= 0.3 is 0 Å². The highest BCUT2D eigenvalue weighted by Gasteiger charge is 2.50. The van der Waals surface area contributed by atoms with Crippen LogP contribution in [0, 0.1) is 10.8 Å². The summed E-state index contributed by atoms with van der Waals surface area (Å²) in [5.74, 6) is 1.90. The summed E-state index contributed by atoms with van der Waals surface area (Å²) in [5.41, 5.74) is 1.12. The van der Waals surface area contributed by atoms with Crippen molar-refractivity contribution in [2.45, 2.75) is 64.2 Å². The number of aromatic nitrogens is 2. The first kappa shape index (κ1) is 28.0. The lowest BCUT2D eigenvalue weighted by atomic mass is 9.65. The van der Waals surface area contributed by atoms with Crippen LogP contribution < -0.4 is 9.64 Å². The number of carbonyl (C=O) groups is 2. The van der Waals surface area contributed by atoms with E-state index < -0.39 is 0 Å². The number of likely N-dealkylation sites (tertiary alicyclic amines) is 1. The molecule has 1 aromatic carbocycles. The van der Waals surface area contributed by atoms with Crippen molar-refractivity contribution >= 4 is 41.0 Å². The molecule has 10 heteroatoms. The molecule has 3 fully saturated rings. The van der Waals surface area contributed by atoms with Crippen molar-refractivity contribution < 1.29 is 14.3 Å². The van der Waals surface area contributed by atoms with E-state index in [1.54, 1.807) is 37.4 Å². The van der Waals surface area contributed by atoms with Crippen LogP contribution in [0.1, 0.15) is 57.3 Å². The molecule has 3 heterocycles. The minimum Gasteiger partial charge on any atom is -0.497 e. The molecule has 2 saturated heterocycles. The van der Waals surface area contributed by atoms with Gasteiger partial charge in [0.15, 0.2) is 5.16 Å². The summed E-state index contributed by atoms with van der Waals surface area (Å²) in [7, 11) is 1.61. The summed E-state index contributed by atoms with van der Waals surface area (Å²) in [6.07, 6.45) is 3.31. The molecule has 1 aromatic heterocycles. The Kier molecular flexibility index (Phi) is 7.76. The van der Waals surface area contributed by atoms with Gasteiger partial charge in [-0.1, -0.05) is 44.1 Å². The van der Waals surface area contributed by atoms with Gasteiger partial charge in [-0.05, 0) is 61.3 Å². The molecular formula is C29H38ClN5O3S. The van der Waals surface area contributed by atoms with Crippen molar-refractivity contribution in [2.75, 3.05) is 43.9 Å². The lowest BCUT2D eigenvalue weighted by Gasteiger charge is -2.40. The quantitative estimate of drug-likeness (QED) is 0.274. The van der Waals surface area contributed by atoms with Crippen molar-refractivity contribution in [3.8, 4) is 5.75 Å². The number of hydrogen-bond donors (Lipinski definition) is 0. The second kappa shape index (κ2) is 10.8. The Hall–Kier alpha value is -2.52. The topological polar surface area (TPSA) is 78.9 Å². The van der Waals surface area contributed by atoms with Crippen LogP contribution in [0.5, 0.6) is 5.75 Å². The number of thioether (sulfide) groups is 1. The van der Waals surface area contributed by atoms with E-state index in [1.807, 2.05) is 11.8 Å². The highest BCUT2D eigenvalue weighted by molar-refractivity contribution is 7.99. The Morgan fingerprint density at radius 2 is 1.85 bits per heavy atom. The molecule has 2 aromatic rings. The Morgan fingerprint density at radius 1 is 1.10 bits per heavy atom. The van der Waals surface area contributed by atoms with E-state index in [1.165, 1.54) is 11.8 Å². The van der Waals surface area contributed by atoms with E-state index in [0.29, 0.717) is 47.3 Å². The predicted octanol–water partition coefficient (Wildman–Crippen LogP) is 5.01. The first-order valence-corrected chi connectivity index (χ1v) is 15.0. The molecule has 0 spiro atoms. The Bertz CT molecular complexity index is 1240. The average molecular weight is 572 g/mol. The van der Waals surface area contributed by atoms with Crippen LogP contribution in [0.2, 0.25) is 5.15 Å².